The number of hydrogen-bond acceptors (Lipinski definition) is 2. The Hall–Kier alpha value is -0.390. The van der Waals surface area contributed by atoms with Gasteiger partial charge in [-0.2, -0.15) is 0 Å². The summed E-state index contributed by atoms with van der Waals surface area (Å²) >= 11 is 6.85. The maximum absolute atomic E-state index is 11.6. The molecule has 0 aliphatic heterocycles. The van der Waals surface area contributed by atoms with E-state index in [2.05, 4.69) is 37.2 Å². The van der Waals surface area contributed by atoms with E-state index in [-0.39, 0.29) is 5.91 Å². The molecule has 16 heavy (non-hydrogen) atoms. The van der Waals surface area contributed by atoms with E-state index in [0.717, 1.165) is 20.2 Å². The molecule has 0 heterocycles. The molecule has 1 rings (SSSR count). The van der Waals surface area contributed by atoms with Crippen LogP contribution in [0.25, 0.3) is 0 Å². The summed E-state index contributed by atoms with van der Waals surface area (Å²) in [5.41, 5.74) is 7.25. The number of benzene rings is 1. The van der Waals surface area contributed by atoms with Crippen LogP contribution in [0.3, 0.4) is 0 Å². The SMILES string of the molecule is Cc1cc(Br)c(NC(=O)CCCN)c(Br)c1. The summed E-state index contributed by atoms with van der Waals surface area (Å²) in [6.45, 7) is 2.53. The van der Waals surface area contributed by atoms with Gasteiger partial charge in [0.2, 0.25) is 5.91 Å². The topological polar surface area (TPSA) is 55.1 Å². The Kier molecular flexibility index (Phi) is 5.44. The van der Waals surface area contributed by atoms with Crippen LogP contribution in [0.5, 0.6) is 0 Å². The first-order chi connectivity index (χ1) is 7.54. The van der Waals surface area contributed by atoms with Crippen LogP contribution >= 0.6 is 31.9 Å². The Morgan fingerprint density at radius 3 is 2.44 bits per heavy atom. The summed E-state index contributed by atoms with van der Waals surface area (Å²) in [5, 5.41) is 2.85. The van der Waals surface area contributed by atoms with Crippen molar-refractivity contribution in [1.29, 1.82) is 0 Å². The molecule has 1 aromatic carbocycles. The fourth-order valence-electron chi connectivity index (χ4n) is 1.28. The van der Waals surface area contributed by atoms with Gasteiger partial charge in [-0.15, -0.1) is 0 Å². The zero-order valence-corrected chi connectivity index (χ0v) is 12.2. The van der Waals surface area contributed by atoms with Gasteiger partial charge in [0.15, 0.2) is 0 Å². The van der Waals surface area contributed by atoms with Gasteiger partial charge in [-0.3, -0.25) is 4.79 Å². The van der Waals surface area contributed by atoms with Gasteiger partial charge in [0.1, 0.15) is 0 Å². The molecule has 0 radical (unpaired) electrons. The molecule has 0 saturated carbocycles. The molecule has 0 aliphatic rings. The number of amides is 1. The second-order valence-corrected chi connectivity index (χ2v) is 5.25. The summed E-state index contributed by atoms with van der Waals surface area (Å²) in [7, 11) is 0. The van der Waals surface area contributed by atoms with Gasteiger partial charge >= 0.3 is 0 Å². The first-order valence-corrected chi connectivity index (χ1v) is 6.58. The van der Waals surface area contributed by atoms with Crippen molar-refractivity contribution in [2.75, 3.05) is 11.9 Å². The average molecular weight is 350 g/mol. The second kappa shape index (κ2) is 6.37. The monoisotopic (exact) mass is 348 g/mol. The lowest BCUT2D eigenvalue weighted by atomic mass is 10.2. The number of halogens is 2. The fraction of sp³-hybridized carbons (Fsp3) is 0.364. The van der Waals surface area contributed by atoms with E-state index in [4.69, 9.17) is 5.73 Å². The standard InChI is InChI=1S/C11H14Br2N2O/c1-7-5-8(12)11(9(13)6-7)15-10(16)3-2-4-14/h5-6H,2-4,14H2,1H3,(H,15,16). The fourth-order valence-corrected chi connectivity index (χ4v) is 2.90. The van der Waals surface area contributed by atoms with E-state index in [0.29, 0.717) is 19.4 Å². The molecule has 1 amide bonds. The number of aryl methyl sites for hydroxylation is 1. The summed E-state index contributed by atoms with van der Waals surface area (Å²) in [4.78, 5) is 11.6. The maximum Gasteiger partial charge on any atom is 0.224 e. The molecular formula is C11H14Br2N2O. The van der Waals surface area contributed by atoms with E-state index in [1.54, 1.807) is 0 Å². The molecule has 3 nitrogen and oxygen atoms in total. The Morgan fingerprint density at radius 2 is 1.94 bits per heavy atom. The van der Waals surface area contributed by atoms with Crippen molar-refractivity contribution >= 4 is 43.5 Å². The van der Waals surface area contributed by atoms with Gasteiger partial charge in [0, 0.05) is 15.4 Å². The van der Waals surface area contributed by atoms with Gasteiger partial charge in [-0.1, -0.05) is 0 Å². The number of nitrogens with two attached hydrogens (primary N) is 1. The lowest BCUT2D eigenvalue weighted by molar-refractivity contribution is -0.116. The number of carbonyl (C=O) groups excluding carboxylic acids is 1. The van der Waals surface area contributed by atoms with Gasteiger partial charge in [-0.25, -0.2) is 0 Å². The predicted octanol–water partition coefficient (Wildman–Crippen LogP) is 3.20. The van der Waals surface area contributed by atoms with E-state index < -0.39 is 0 Å². The van der Waals surface area contributed by atoms with Crippen molar-refractivity contribution in [2.24, 2.45) is 5.73 Å². The van der Waals surface area contributed by atoms with E-state index in [9.17, 15) is 4.79 Å². The second-order valence-electron chi connectivity index (χ2n) is 3.54. The predicted molar refractivity (Wildman–Crippen MR) is 73.5 cm³/mol. The van der Waals surface area contributed by atoms with Crippen molar-refractivity contribution in [3.63, 3.8) is 0 Å². The third kappa shape index (κ3) is 3.88. The molecule has 0 fully saturated rings. The number of carbonyl (C=O) groups is 1. The van der Waals surface area contributed by atoms with E-state index >= 15 is 0 Å². The van der Waals surface area contributed by atoms with Gasteiger partial charge in [0.05, 0.1) is 5.69 Å². The lowest BCUT2D eigenvalue weighted by Gasteiger charge is -2.10. The van der Waals surface area contributed by atoms with Crippen LogP contribution < -0.4 is 11.1 Å². The van der Waals surface area contributed by atoms with Gasteiger partial charge in [-0.05, 0) is 69.4 Å². The maximum atomic E-state index is 11.6. The molecule has 1 aromatic rings. The Morgan fingerprint density at radius 1 is 1.38 bits per heavy atom. The molecule has 0 aliphatic carbocycles. The molecule has 88 valence electrons. The number of hydrogen-bond donors (Lipinski definition) is 2. The highest BCUT2D eigenvalue weighted by atomic mass is 79.9. The van der Waals surface area contributed by atoms with Crippen molar-refractivity contribution in [3.8, 4) is 0 Å². The average Bonchev–Trinajstić information content (AvgIpc) is 2.20. The zero-order chi connectivity index (χ0) is 12.1. The lowest BCUT2D eigenvalue weighted by Crippen LogP contribution is -2.14. The molecule has 3 N–H and O–H groups in total. The number of anilines is 1. The molecule has 0 spiro atoms. The summed E-state index contributed by atoms with van der Waals surface area (Å²) in [6.07, 6.45) is 1.15. The van der Waals surface area contributed by atoms with Crippen molar-refractivity contribution in [1.82, 2.24) is 0 Å². The van der Waals surface area contributed by atoms with Crippen molar-refractivity contribution in [3.05, 3.63) is 26.6 Å². The first-order valence-electron chi connectivity index (χ1n) is 5.00. The van der Waals surface area contributed by atoms with Crippen LogP contribution in [-0.2, 0) is 4.79 Å². The summed E-state index contributed by atoms with van der Waals surface area (Å²) in [6, 6.07) is 3.92. The molecule has 5 heteroatoms. The molecule has 0 unspecified atom stereocenters. The van der Waals surface area contributed by atoms with E-state index in [1.165, 1.54) is 0 Å². The van der Waals surface area contributed by atoms with Crippen LogP contribution in [0.4, 0.5) is 5.69 Å². The minimum atomic E-state index is -0.0179. The van der Waals surface area contributed by atoms with Crippen molar-refractivity contribution in [2.45, 2.75) is 19.8 Å². The minimum absolute atomic E-state index is 0.0179. The quantitative estimate of drug-likeness (QED) is 0.876. The molecule has 0 bridgehead atoms. The van der Waals surface area contributed by atoms with Crippen molar-refractivity contribution < 1.29 is 4.79 Å². The van der Waals surface area contributed by atoms with Crippen LogP contribution in [0, 0.1) is 6.92 Å². The highest BCUT2D eigenvalue weighted by molar-refractivity contribution is 9.11. The smallest absolute Gasteiger partial charge is 0.224 e. The van der Waals surface area contributed by atoms with Crippen LogP contribution in [0.1, 0.15) is 18.4 Å². The number of rotatable bonds is 4. The largest absolute Gasteiger partial charge is 0.330 e. The van der Waals surface area contributed by atoms with Crippen LogP contribution in [-0.4, -0.2) is 12.5 Å². The van der Waals surface area contributed by atoms with E-state index in [1.807, 2.05) is 19.1 Å². The normalized spacial score (nSPS) is 10.2. The Bertz CT molecular complexity index is 371. The zero-order valence-electron chi connectivity index (χ0n) is 9.02. The third-order valence-electron chi connectivity index (χ3n) is 2.06. The Labute approximate surface area is 112 Å². The van der Waals surface area contributed by atoms with Gasteiger partial charge in [0.25, 0.3) is 0 Å². The Balaban J connectivity index is 2.77. The highest BCUT2D eigenvalue weighted by Gasteiger charge is 2.09. The van der Waals surface area contributed by atoms with Crippen LogP contribution in [0.2, 0.25) is 0 Å². The number of nitrogens with one attached hydrogen (secondary N) is 1. The minimum Gasteiger partial charge on any atom is -0.330 e. The molecule has 0 aromatic heterocycles. The molecular weight excluding hydrogens is 336 g/mol. The first kappa shape index (κ1) is 13.7. The molecule has 0 atom stereocenters. The van der Waals surface area contributed by atoms with Gasteiger partial charge < -0.3 is 11.1 Å². The molecule has 0 saturated heterocycles. The summed E-state index contributed by atoms with van der Waals surface area (Å²) in [5.74, 6) is -0.0179. The highest BCUT2D eigenvalue weighted by Crippen LogP contribution is 2.32. The van der Waals surface area contributed by atoms with Crippen LogP contribution in [0.15, 0.2) is 21.1 Å². The summed E-state index contributed by atoms with van der Waals surface area (Å²) < 4.78 is 1.75. The third-order valence-corrected chi connectivity index (χ3v) is 3.31.